The smallest absolute Gasteiger partial charge is 0.275 e. The molecule has 3 atom stereocenters. The Labute approximate surface area is 228 Å². The summed E-state index contributed by atoms with van der Waals surface area (Å²) in [4.78, 5) is 54.8. The number of hydrogen-bond acceptors (Lipinski definition) is 4. The van der Waals surface area contributed by atoms with Crippen LogP contribution < -0.4 is 0 Å². The standard InChI is InChI=1S/C26H22Cl4N2O4/c1-14-2-8-18-20(12-14)26(36)32(24(18)34)31(25(35)19-9-7-17(29)13-21(19)30)22(10-11-27)23(33)15-3-5-16(28)6-4-15/h2-7,9,13,18,20,22H,8,10-12H2,1H3/t18-,20+,22+/m0/s1. The summed E-state index contributed by atoms with van der Waals surface area (Å²) >= 11 is 24.4. The van der Waals surface area contributed by atoms with Crippen LogP contribution in [0.2, 0.25) is 15.1 Å². The summed E-state index contributed by atoms with van der Waals surface area (Å²) < 4.78 is 0. The van der Waals surface area contributed by atoms with E-state index in [1.807, 2.05) is 13.0 Å². The number of fused-ring (bicyclic) bond motifs is 1. The van der Waals surface area contributed by atoms with Gasteiger partial charge in [0.15, 0.2) is 5.78 Å². The molecule has 2 aromatic rings. The topological polar surface area (TPSA) is 74.8 Å². The number of hydrazine groups is 1. The first-order valence-corrected chi connectivity index (χ1v) is 13.0. The van der Waals surface area contributed by atoms with Gasteiger partial charge in [-0.2, -0.15) is 5.01 Å². The van der Waals surface area contributed by atoms with E-state index in [9.17, 15) is 19.2 Å². The average Bonchev–Trinajstić information content (AvgIpc) is 3.08. The summed E-state index contributed by atoms with van der Waals surface area (Å²) in [6.45, 7) is 1.90. The van der Waals surface area contributed by atoms with Crippen molar-refractivity contribution in [3.63, 3.8) is 0 Å². The molecule has 0 saturated carbocycles. The highest BCUT2D eigenvalue weighted by Gasteiger charge is 2.53. The molecule has 0 spiro atoms. The molecule has 2 aliphatic rings. The SMILES string of the molecule is CC1=CC[C@@H]2C(=O)N(N(C(=O)c3ccc(Cl)cc3Cl)[C@H](CCCl)C(=O)c3ccc(Cl)cc3)C(=O)[C@@H]2C1. The molecule has 1 heterocycles. The third-order valence-electron chi connectivity index (χ3n) is 6.49. The highest BCUT2D eigenvalue weighted by Crippen LogP contribution is 2.40. The number of carbonyl (C=O) groups excluding carboxylic acids is 4. The molecule has 0 aromatic heterocycles. The lowest BCUT2D eigenvalue weighted by Gasteiger charge is -2.36. The summed E-state index contributed by atoms with van der Waals surface area (Å²) in [5, 5.41) is 2.53. The van der Waals surface area contributed by atoms with Gasteiger partial charge in [-0.15, -0.1) is 11.6 Å². The molecule has 4 rings (SSSR count). The van der Waals surface area contributed by atoms with E-state index < -0.39 is 41.4 Å². The number of carbonyl (C=O) groups is 4. The number of rotatable bonds is 7. The van der Waals surface area contributed by atoms with Crippen LogP contribution in [0.15, 0.2) is 54.1 Å². The van der Waals surface area contributed by atoms with Crippen LogP contribution in [0.25, 0.3) is 0 Å². The quantitative estimate of drug-likeness (QED) is 0.172. The predicted octanol–water partition coefficient (Wildman–Crippen LogP) is 6.23. The Morgan fingerprint density at radius 1 is 1.00 bits per heavy atom. The molecule has 0 N–H and O–H groups in total. The zero-order valence-electron chi connectivity index (χ0n) is 19.2. The van der Waals surface area contributed by atoms with Gasteiger partial charge in [0.05, 0.1) is 22.4 Å². The minimum Gasteiger partial charge on any atom is -0.292 e. The highest BCUT2D eigenvalue weighted by atomic mass is 35.5. The number of allylic oxidation sites excluding steroid dienone is 2. The first-order valence-electron chi connectivity index (χ1n) is 11.3. The maximum absolute atomic E-state index is 14.0. The van der Waals surface area contributed by atoms with Gasteiger partial charge in [-0.3, -0.25) is 19.2 Å². The lowest BCUT2D eigenvalue weighted by atomic mass is 9.82. The van der Waals surface area contributed by atoms with Crippen LogP contribution >= 0.6 is 46.4 Å². The molecule has 0 radical (unpaired) electrons. The van der Waals surface area contributed by atoms with E-state index in [2.05, 4.69) is 0 Å². The third-order valence-corrected chi connectivity index (χ3v) is 7.51. The van der Waals surface area contributed by atoms with Crippen molar-refractivity contribution in [2.24, 2.45) is 11.8 Å². The van der Waals surface area contributed by atoms with Crippen LogP contribution in [0.4, 0.5) is 0 Å². The maximum Gasteiger partial charge on any atom is 0.275 e. The molecule has 188 valence electrons. The number of nitrogens with zero attached hydrogens (tertiary/aromatic N) is 2. The van der Waals surface area contributed by atoms with E-state index in [-0.39, 0.29) is 28.5 Å². The summed E-state index contributed by atoms with van der Waals surface area (Å²) in [6.07, 6.45) is 2.70. The van der Waals surface area contributed by atoms with E-state index in [1.54, 1.807) is 12.1 Å². The molecule has 10 heteroatoms. The van der Waals surface area contributed by atoms with Crippen molar-refractivity contribution in [3.05, 3.63) is 80.3 Å². The molecule has 0 bridgehead atoms. The van der Waals surface area contributed by atoms with Crippen molar-refractivity contribution in [1.82, 2.24) is 10.0 Å². The zero-order chi connectivity index (χ0) is 26.1. The Morgan fingerprint density at radius 2 is 1.64 bits per heavy atom. The maximum atomic E-state index is 14.0. The van der Waals surface area contributed by atoms with E-state index in [4.69, 9.17) is 46.4 Å². The van der Waals surface area contributed by atoms with Gasteiger partial charge in [0.25, 0.3) is 17.7 Å². The summed E-state index contributed by atoms with van der Waals surface area (Å²) in [5.74, 6) is -3.56. The van der Waals surface area contributed by atoms with E-state index in [0.29, 0.717) is 22.9 Å². The summed E-state index contributed by atoms with van der Waals surface area (Å²) in [5.41, 5.74) is 1.24. The molecule has 1 aliphatic heterocycles. The van der Waals surface area contributed by atoms with Gasteiger partial charge in [0.1, 0.15) is 6.04 Å². The van der Waals surface area contributed by atoms with Crippen LogP contribution in [-0.2, 0) is 9.59 Å². The summed E-state index contributed by atoms with van der Waals surface area (Å²) in [6, 6.07) is 9.13. The largest absolute Gasteiger partial charge is 0.292 e. The van der Waals surface area contributed by atoms with Gasteiger partial charge in [0.2, 0.25) is 0 Å². The Bertz CT molecular complexity index is 1260. The minimum absolute atomic E-state index is 0.00526. The molecule has 6 nitrogen and oxygen atoms in total. The fraction of sp³-hybridized carbons (Fsp3) is 0.308. The second-order valence-electron chi connectivity index (χ2n) is 8.83. The number of alkyl halides is 1. The van der Waals surface area contributed by atoms with Crippen molar-refractivity contribution >= 4 is 69.9 Å². The molecule has 2 aromatic carbocycles. The van der Waals surface area contributed by atoms with Crippen molar-refractivity contribution in [2.75, 3.05) is 5.88 Å². The second kappa shape index (κ2) is 10.9. The molecule has 1 aliphatic carbocycles. The fourth-order valence-corrected chi connectivity index (χ4v) is 5.49. The van der Waals surface area contributed by atoms with Crippen LogP contribution in [0, 0.1) is 11.8 Å². The van der Waals surface area contributed by atoms with Crippen molar-refractivity contribution in [1.29, 1.82) is 0 Å². The Morgan fingerprint density at radius 3 is 2.28 bits per heavy atom. The first-order chi connectivity index (χ1) is 17.1. The average molecular weight is 568 g/mol. The zero-order valence-corrected chi connectivity index (χ0v) is 22.2. The molecule has 36 heavy (non-hydrogen) atoms. The molecular weight excluding hydrogens is 546 g/mol. The van der Waals surface area contributed by atoms with Crippen molar-refractivity contribution < 1.29 is 19.2 Å². The van der Waals surface area contributed by atoms with Crippen molar-refractivity contribution in [3.8, 4) is 0 Å². The Balaban J connectivity index is 1.83. The Hall–Kier alpha value is -2.38. The summed E-state index contributed by atoms with van der Waals surface area (Å²) in [7, 11) is 0. The lowest BCUT2D eigenvalue weighted by Crippen LogP contribution is -2.57. The molecule has 3 amide bonds. The van der Waals surface area contributed by atoms with Gasteiger partial charge in [0, 0.05) is 21.5 Å². The van der Waals surface area contributed by atoms with E-state index >= 15 is 0 Å². The monoisotopic (exact) mass is 566 g/mol. The number of imide groups is 1. The molecule has 1 saturated heterocycles. The number of benzene rings is 2. The first kappa shape index (κ1) is 26.7. The van der Waals surface area contributed by atoms with Crippen molar-refractivity contribution in [2.45, 2.75) is 32.2 Å². The van der Waals surface area contributed by atoms with Gasteiger partial charge in [-0.05, 0) is 68.7 Å². The molecular formula is C26H22Cl4N2O4. The Kier molecular flexibility index (Phi) is 8.10. The van der Waals surface area contributed by atoms with Gasteiger partial charge < -0.3 is 0 Å². The molecule has 0 unspecified atom stereocenters. The lowest BCUT2D eigenvalue weighted by molar-refractivity contribution is -0.156. The number of Topliss-reactive ketones (excluding diaryl/α,β-unsaturated/α-hetero) is 1. The minimum atomic E-state index is -1.25. The van der Waals surface area contributed by atoms with Gasteiger partial charge in [-0.25, -0.2) is 5.01 Å². The highest BCUT2D eigenvalue weighted by molar-refractivity contribution is 6.37. The number of hydrogen-bond donors (Lipinski definition) is 0. The van der Waals surface area contributed by atoms with Crippen LogP contribution in [-0.4, -0.2) is 45.4 Å². The van der Waals surface area contributed by atoms with E-state index in [1.165, 1.54) is 30.3 Å². The van der Waals surface area contributed by atoms with E-state index in [0.717, 1.165) is 15.6 Å². The predicted molar refractivity (Wildman–Crippen MR) is 139 cm³/mol. The second-order valence-corrected chi connectivity index (χ2v) is 10.5. The number of amides is 3. The fourth-order valence-electron chi connectivity index (χ4n) is 4.66. The van der Waals surface area contributed by atoms with Gasteiger partial charge in [-0.1, -0.05) is 46.5 Å². The number of halogens is 4. The molecule has 1 fully saturated rings. The third kappa shape index (κ3) is 5.05. The van der Waals surface area contributed by atoms with Crippen LogP contribution in [0.3, 0.4) is 0 Å². The number of ketones is 1. The normalized spacial score (nSPS) is 20.1. The van der Waals surface area contributed by atoms with Gasteiger partial charge >= 0.3 is 0 Å². The van der Waals surface area contributed by atoms with Crippen LogP contribution in [0.1, 0.15) is 46.9 Å². The van der Waals surface area contributed by atoms with Crippen LogP contribution in [0.5, 0.6) is 0 Å².